The molecule has 1 aliphatic rings. The van der Waals surface area contributed by atoms with E-state index in [1.807, 2.05) is 0 Å². The third kappa shape index (κ3) is 4.27. The molecule has 0 bridgehead atoms. The maximum absolute atomic E-state index is 11.7. The fourth-order valence-electron chi connectivity index (χ4n) is 2.47. The standard InChI is InChI=1S/C17H12N4O7S/c1-27-15-7-9(6-11-16(22)19-17(29)18-11)2-4-14(15)28-13-5-3-10(20(23)24)8-12(13)21(25)26/h2-8H,1H3,(H2,18,19,22,29)/b11-6+. The van der Waals surface area contributed by atoms with Gasteiger partial charge in [-0.3, -0.25) is 30.3 Å². The Morgan fingerprint density at radius 2 is 1.72 bits per heavy atom. The van der Waals surface area contributed by atoms with E-state index in [2.05, 4.69) is 10.6 Å². The molecule has 0 aromatic heterocycles. The molecule has 0 saturated carbocycles. The molecule has 0 spiro atoms. The van der Waals surface area contributed by atoms with Gasteiger partial charge in [0.2, 0.25) is 5.75 Å². The predicted octanol–water partition coefficient (Wildman–Crippen LogP) is 2.65. The average Bonchev–Trinajstić information content (AvgIpc) is 2.99. The van der Waals surface area contributed by atoms with E-state index in [0.29, 0.717) is 5.56 Å². The van der Waals surface area contributed by atoms with Crippen LogP contribution in [0.25, 0.3) is 6.08 Å². The van der Waals surface area contributed by atoms with Crippen LogP contribution < -0.4 is 20.1 Å². The Hall–Kier alpha value is -4.06. The van der Waals surface area contributed by atoms with Gasteiger partial charge in [-0.1, -0.05) is 6.07 Å². The molecule has 0 radical (unpaired) electrons. The van der Waals surface area contributed by atoms with Gasteiger partial charge in [-0.15, -0.1) is 0 Å². The summed E-state index contributed by atoms with van der Waals surface area (Å²) < 4.78 is 10.8. The lowest BCUT2D eigenvalue weighted by atomic mass is 10.1. The zero-order chi connectivity index (χ0) is 21.1. The molecule has 0 atom stereocenters. The van der Waals surface area contributed by atoms with Crippen LogP contribution in [0.2, 0.25) is 0 Å². The van der Waals surface area contributed by atoms with Crippen LogP contribution in [-0.2, 0) is 4.79 Å². The van der Waals surface area contributed by atoms with Crippen molar-refractivity contribution < 1.29 is 24.1 Å². The lowest BCUT2D eigenvalue weighted by molar-refractivity contribution is -0.394. The number of methoxy groups -OCH3 is 1. The Kier molecular flexibility index (Phi) is 5.36. The first kappa shape index (κ1) is 19.7. The molecule has 1 fully saturated rings. The van der Waals surface area contributed by atoms with Gasteiger partial charge in [-0.05, 0) is 42.1 Å². The first-order chi connectivity index (χ1) is 13.8. The van der Waals surface area contributed by atoms with E-state index in [9.17, 15) is 25.0 Å². The molecule has 1 heterocycles. The van der Waals surface area contributed by atoms with Crippen LogP contribution in [0.3, 0.4) is 0 Å². The summed E-state index contributed by atoms with van der Waals surface area (Å²) in [6.07, 6.45) is 1.54. The number of non-ortho nitro benzene ring substituents is 1. The van der Waals surface area contributed by atoms with Crippen molar-refractivity contribution in [2.75, 3.05) is 7.11 Å². The second-order valence-corrected chi connectivity index (χ2v) is 6.05. The van der Waals surface area contributed by atoms with E-state index in [4.69, 9.17) is 21.7 Å². The molecule has 1 saturated heterocycles. The Bertz CT molecular complexity index is 1080. The minimum absolute atomic E-state index is 0.144. The third-order valence-corrected chi connectivity index (χ3v) is 3.99. The van der Waals surface area contributed by atoms with Crippen LogP contribution in [0.1, 0.15) is 5.56 Å². The van der Waals surface area contributed by atoms with Gasteiger partial charge < -0.3 is 14.8 Å². The van der Waals surface area contributed by atoms with Crippen LogP contribution in [0.5, 0.6) is 17.2 Å². The Labute approximate surface area is 168 Å². The molecule has 2 aromatic rings. The van der Waals surface area contributed by atoms with Crippen molar-refractivity contribution in [1.29, 1.82) is 0 Å². The number of nitrogens with one attached hydrogen (secondary N) is 2. The van der Waals surface area contributed by atoms with E-state index in [-0.39, 0.29) is 34.0 Å². The number of hydrogen-bond donors (Lipinski definition) is 2. The molecular weight excluding hydrogens is 404 g/mol. The fourth-order valence-corrected chi connectivity index (χ4v) is 2.68. The molecule has 1 amide bonds. The quantitative estimate of drug-likeness (QED) is 0.314. The summed E-state index contributed by atoms with van der Waals surface area (Å²) in [5.41, 5.74) is -0.169. The number of nitro benzene ring substituents is 2. The number of carbonyl (C=O) groups excluding carboxylic acids is 1. The maximum atomic E-state index is 11.7. The molecule has 29 heavy (non-hydrogen) atoms. The highest BCUT2D eigenvalue weighted by atomic mass is 32.1. The van der Waals surface area contributed by atoms with Crippen molar-refractivity contribution in [3.63, 3.8) is 0 Å². The monoisotopic (exact) mass is 416 g/mol. The zero-order valence-electron chi connectivity index (χ0n) is 14.7. The van der Waals surface area contributed by atoms with Crippen molar-refractivity contribution >= 4 is 40.7 Å². The molecule has 2 aromatic carbocycles. The SMILES string of the molecule is COc1cc(/C=C2/NC(=S)NC2=O)ccc1Oc1ccc([N+](=O)[O-])cc1[N+](=O)[O-]. The highest BCUT2D eigenvalue weighted by molar-refractivity contribution is 7.80. The second-order valence-electron chi connectivity index (χ2n) is 5.64. The van der Waals surface area contributed by atoms with Crippen LogP contribution in [0.15, 0.2) is 42.1 Å². The Morgan fingerprint density at radius 3 is 2.31 bits per heavy atom. The van der Waals surface area contributed by atoms with Crippen LogP contribution in [0, 0.1) is 20.2 Å². The average molecular weight is 416 g/mol. The summed E-state index contributed by atoms with van der Waals surface area (Å²) in [5, 5.41) is 27.4. The first-order valence-corrected chi connectivity index (χ1v) is 8.32. The lowest BCUT2D eigenvalue weighted by Crippen LogP contribution is -2.21. The normalized spacial score (nSPS) is 14.3. The number of ether oxygens (including phenoxy) is 2. The minimum Gasteiger partial charge on any atom is -0.493 e. The Balaban J connectivity index is 1.93. The van der Waals surface area contributed by atoms with E-state index in [1.54, 1.807) is 12.1 Å². The van der Waals surface area contributed by atoms with Gasteiger partial charge in [-0.25, -0.2) is 0 Å². The van der Waals surface area contributed by atoms with E-state index >= 15 is 0 Å². The van der Waals surface area contributed by atoms with E-state index in [1.165, 1.54) is 19.3 Å². The van der Waals surface area contributed by atoms with Crippen molar-refractivity contribution in [2.45, 2.75) is 0 Å². The predicted molar refractivity (Wildman–Crippen MR) is 105 cm³/mol. The molecule has 11 nitrogen and oxygen atoms in total. The number of carbonyl (C=O) groups is 1. The van der Waals surface area contributed by atoms with Gasteiger partial charge in [0.1, 0.15) is 5.70 Å². The highest BCUT2D eigenvalue weighted by Crippen LogP contribution is 2.38. The number of hydrogen-bond acceptors (Lipinski definition) is 8. The smallest absolute Gasteiger partial charge is 0.318 e. The van der Waals surface area contributed by atoms with E-state index in [0.717, 1.165) is 18.2 Å². The Morgan fingerprint density at radius 1 is 1.00 bits per heavy atom. The fraction of sp³-hybridized carbons (Fsp3) is 0.0588. The van der Waals surface area contributed by atoms with Crippen LogP contribution >= 0.6 is 12.2 Å². The van der Waals surface area contributed by atoms with Crippen molar-refractivity contribution in [1.82, 2.24) is 10.6 Å². The third-order valence-electron chi connectivity index (χ3n) is 3.79. The topological polar surface area (TPSA) is 146 Å². The molecule has 1 aliphatic heterocycles. The van der Waals surface area contributed by atoms with Crippen LogP contribution in [-0.4, -0.2) is 28.0 Å². The number of thiocarbonyl (C=S) groups is 1. The van der Waals surface area contributed by atoms with Gasteiger partial charge in [0, 0.05) is 6.07 Å². The molecule has 0 aliphatic carbocycles. The lowest BCUT2D eigenvalue weighted by Gasteiger charge is -2.11. The summed E-state index contributed by atoms with van der Waals surface area (Å²) in [5.74, 6) is -0.193. The van der Waals surface area contributed by atoms with Gasteiger partial charge in [0.25, 0.3) is 11.6 Å². The largest absolute Gasteiger partial charge is 0.493 e. The second kappa shape index (κ2) is 7.90. The van der Waals surface area contributed by atoms with E-state index < -0.39 is 21.2 Å². The molecule has 3 rings (SSSR count). The zero-order valence-corrected chi connectivity index (χ0v) is 15.5. The van der Waals surface area contributed by atoms with Crippen LogP contribution in [0.4, 0.5) is 11.4 Å². The summed E-state index contributed by atoms with van der Waals surface area (Å²) in [7, 11) is 1.37. The molecule has 12 heteroatoms. The summed E-state index contributed by atoms with van der Waals surface area (Å²) in [6, 6.07) is 7.68. The maximum Gasteiger partial charge on any atom is 0.318 e. The highest BCUT2D eigenvalue weighted by Gasteiger charge is 2.23. The molecule has 0 unspecified atom stereocenters. The first-order valence-electron chi connectivity index (χ1n) is 7.91. The van der Waals surface area contributed by atoms with Crippen molar-refractivity contribution in [2.24, 2.45) is 0 Å². The number of nitrogens with zero attached hydrogens (tertiary/aromatic N) is 2. The molecular formula is C17H12N4O7S. The molecule has 148 valence electrons. The van der Waals surface area contributed by atoms with Crippen molar-refractivity contribution in [3.8, 4) is 17.2 Å². The summed E-state index contributed by atoms with van der Waals surface area (Å²) >= 11 is 4.86. The van der Waals surface area contributed by atoms with Gasteiger partial charge in [-0.2, -0.15) is 0 Å². The number of nitro groups is 2. The number of benzene rings is 2. The molecule has 2 N–H and O–H groups in total. The summed E-state index contributed by atoms with van der Waals surface area (Å²) in [6.45, 7) is 0. The van der Waals surface area contributed by atoms with Gasteiger partial charge in [0.15, 0.2) is 16.6 Å². The van der Waals surface area contributed by atoms with Gasteiger partial charge >= 0.3 is 5.69 Å². The number of rotatable bonds is 6. The van der Waals surface area contributed by atoms with Crippen molar-refractivity contribution in [3.05, 3.63) is 67.9 Å². The number of amides is 1. The minimum atomic E-state index is -0.777. The van der Waals surface area contributed by atoms with Gasteiger partial charge in [0.05, 0.1) is 23.0 Å². The summed E-state index contributed by atoms with van der Waals surface area (Å²) in [4.78, 5) is 32.3.